The highest BCUT2D eigenvalue weighted by Crippen LogP contribution is 2.34. The van der Waals surface area contributed by atoms with Gasteiger partial charge < -0.3 is 20.1 Å². The minimum atomic E-state index is 0.102. The predicted octanol–water partition coefficient (Wildman–Crippen LogP) is 4.11. The van der Waals surface area contributed by atoms with Gasteiger partial charge >= 0.3 is 0 Å². The Bertz CT molecular complexity index is 921. The second kappa shape index (κ2) is 7.50. The summed E-state index contributed by atoms with van der Waals surface area (Å²) < 4.78 is 10.6. The minimum absolute atomic E-state index is 0.102. The summed E-state index contributed by atoms with van der Waals surface area (Å²) in [6.07, 6.45) is 0. The third-order valence-corrected chi connectivity index (χ3v) is 3.81. The Kier molecular flexibility index (Phi) is 5.16. The molecule has 0 fully saturated rings. The Balaban J connectivity index is 1.96. The van der Waals surface area contributed by atoms with E-state index in [1.165, 1.54) is 0 Å². The van der Waals surface area contributed by atoms with E-state index in [2.05, 4.69) is 20.6 Å². The molecule has 25 heavy (non-hydrogen) atoms. The summed E-state index contributed by atoms with van der Waals surface area (Å²) >= 11 is 11.4. The summed E-state index contributed by atoms with van der Waals surface area (Å²) in [6, 6.07) is 13.1. The molecule has 6 nitrogen and oxygen atoms in total. The van der Waals surface area contributed by atoms with Gasteiger partial charge in [-0.15, -0.1) is 0 Å². The van der Waals surface area contributed by atoms with Crippen LogP contribution in [0.25, 0.3) is 10.9 Å². The Morgan fingerprint density at radius 2 is 1.68 bits per heavy atom. The fourth-order valence-corrected chi connectivity index (χ4v) is 2.70. The van der Waals surface area contributed by atoms with Gasteiger partial charge in [-0.05, 0) is 42.0 Å². The second-order valence-electron chi connectivity index (χ2n) is 5.01. The van der Waals surface area contributed by atoms with Gasteiger partial charge in [-0.2, -0.15) is 4.98 Å². The Labute approximate surface area is 155 Å². The van der Waals surface area contributed by atoms with Gasteiger partial charge in [-0.1, -0.05) is 18.2 Å². The van der Waals surface area contributed by atoms with Crippen LogP contribution < -0.4 is 20.1 Å². The number of hydrogen-bond acceptors (Lipinski definition) is 5. The molecule has 1 heterocycles. The molecule has 0 aliphatic heterocycles. The fourth-order valence-electron chi connectivity index (χ4n) is 2.31. The van der Waals surface area contributed by atoms with E-state index in [1.54, 1.807) is 26.4 Å². The van der Waals surface area contributed by atoms with Crippen molar-refractivity contribution in [1.82, 2.24) is 9.97 Å². The number of fused-ring (bicyclic) bond motifs is 1. The van der Waals surface area contributed by atoms with E-state index in [0.29, 0.717) is 33.3 Å². The maximum absolute atomic E-state index is 6.04. The zero-order valence-electron chi connectivity index (χ0n) is 13.5. The lowest BCUT2D eigenvalue weighted by molar-refractivity contribution is 0.356. The Morgan fingerprint density at radius 1 is 1.00 bits per heavy atom. The van der Waals surface area contributed by atoms with Crippen LogP contribution in [0, 0.1) is 0 Å². The van der Waals surface area contributed by atoms with Crippen LogP contribution >= 0.6 is 23.8 Å². The topological polar surface area (TPSA) is 68.3 Å². The summed E-state index contributed by atoms with van der Waals surface area (Å²) in [5.74, 6) is 1.59. The van der Waals surface area contributed by atoms with Crippen molar-refractivity contribution in [3.63, 3.8) is 0 Å². The van der Waals surface area contributed by atoms with E-state index >= 15 is 0 Å². The third kappa shape index (κ3) is 3.89. The number of rotatable bonds is 4. The van der Waals surface area contributed by atoms with Gasteiger partial charge in [0, 0.05) is 17.1 Å². The second-order valence-corrected chi connectivity index (χ2v) is 5.76. The summed E-state index contributed by atoms with van der Waals surface area (Å²) in [5, 5.41) is 7.33. The fraction of sp³-hybridized carbons (Fsp3) is 0.118. The number of nitrogens with one attached hydrogen (secondary N) is 2. The van der Waals surface area contributed by atoms with Crippen LogP contribution in [0.4, 0.5) is 11.5 Å². The average molecular weight is 375 g/mol. The van der Waals surface area contributed by atoms with Crippen LogP contribution in [0.15, 0.2) is 42.5 Å². The molecule has 0 bridgehead atoms. The number of ether oxygens (including phenoxy) is 2. The van der Waals surface area contributed by atoms with Crippen LogP contribution in [-0.4, -0.2) is 29.3 Å². The normalized spacial score (nSPS) is 10.4. The first-order valence-electron chi connectivity index (χ1n) is 7.33. The van der Waals surface area contributed by atoms with E-state index < -0.39 is 0 Å². The Hall–Kier alpha value is -2.64. The van der Waals surface area contributed by atoms with Gasteiger partial charge in [0.1, 0.15) is 5.82 Å². The summed E-state index contributed by atoms with van der Waals surface area (Å²) in [7, 11) is 3.12. The molecule has 0 aliphatic carbocycles. The average Bonchev–Trinajstić information content (AvgIpc) is 2.61. The van der Waals surface area contributed by atoms with Crippen molar-refractivity contribution in [2.45, 2.75) is 0 Å². The standard InChI is InChI=1S/C17H15ClN4O2S/c1-23-13-8-11-12(9-14(13)24-2)20-16(18)21-15(11)22-17(25)19-10-6-4-3-5-7-10/h3-9H,1-2H3,(H2,19,20,21,22,25). The molecule has 0 spiro atoms. The largest absolute Gasteiger partial charge is 0.493 e. The van der Waals surface area contributed by atoms with E-state index in [0.717, 1.165) is 5.69 Å². The number of anilines is 2. The summed E-state index contributed by atoms with van der Waals surface area (Å²) in [6.45, 7) is 0. The van der Waals surface area contributed by atoms with Crippen molar-refractivity contribution in [3.8, 4) is 11.5 Å². The monoisotopic (exact) mass is 374 g/mol. The highest BCUT2D eigenvalue weighted by molar-refractivity contribution is 7.80. The van der Waals surface area contributed by atoms with Crippen LogP contribution in [0.2, 0.25) is 5.28 Å². The Morgan fingerprint density at radius 3 is 2.36 bits per heavy atom. The van der Waals surface area contributed by atoms with Crippen LogP contribution in [0.3, 0.4) is 0 Å². The van der Waals surface area contributed by atoms with Crippen LogP contribution in [-0.2, 0) is 0 Å². The summed E-state index contributed by atoms with van der Waals surface area (Å²) in [5.41, 5.74) is 1.48. The zero-order valence-corrected chi connectivity index (χ0v) is 15.1. The first-order valence-corrected chi connectivity index (χ1v) is 8.11. The predicted molar refractivity (Wildman–Crippen MR) is 104 cm³/mol. The summed E-state index contributed by atoms with van der Waals surface area (Å²) in [4.78, 5) is 8.46. The molecule has 0 aliphatic rings. The molecule has 0 saturated heterocycles. The molecule has 0 radical (unpaired) electrons. The lowest BCUT2D eigenvalue weighted by Gasteiger charge is -2.14. The molecule has 2 N–H and O–H groups in total. The van der Waals surface area contributed by atoms with E-state index in [-0.39, 0.29) is 5.28 Å². The van der Waals surface area contributed by atoms with Gasteiger partial charge in [-0.3, -0.25) is 0 Å². The molecule has 8 heteroatoms. The quantitative estimate of drug-likeness (QED) is 0.526. The molecule has 3 rings (SSSR count). The van der Waals surface area contributed by atoms with Gasteiger partial charge in [0.25, 0.3) is 0 Å². The molecule has 0 saturated carbocycles. The van der Waals surface area contributed by atoms with E-state index in [4.69, 9.17) is 33.3 Å². The molecule has 0 unspecified atom stereocenters. The van der Waals surface area contributed by atoms with Crippen molar-refractivity contribution >= 4 is 51.3 Å². The highest BCUT2D eigenvalue weighted by atomic mass is 35.5. The first kappa shape index (κ1) is 17.2. The van der Waals surface area contributed by atoms with Crippen molar-refractivity contribution < 1.29 is 9.47 Å². The third-order valence-electron chi connectivity index (χ3n) is 3.44. The molecule has 1 aromatic heterocycles. The maximum Gasteiger partial charge on any atom is 0.224 e. The number of nitrogens with zero attached hydrogens (tertiary/aromatic N) is 2. The number of aromatic nitrogens is 2. The van der Waals surface area contributed by atoms with Crippen molar-refractivity contribution in [1.29, 1.82) is 0 Å². The number of thiocarbonyl (C=S) groups is 1. The molecule has 0 amide bonds. The van der Waals surface area contributed by atoms with Gasteiger partial charge in [-0.25, -0.2) is 4.98 Å². The van der Waals surface area contributed by atoms with Gasteiger partial charge in [0.05, 0.1) is 19.7 Å². The van der Waals surface area contributed by atoms with E-state index in [9.17, 15) is 0 Å². The SMILES string of the molecule is COc1cc2nc(Cl)nc(NC(=S)Nc3ccccc3)c2cc1OC. The van der Waals surface area contributed by atoms with Gasteiger partial charge in [0.15, 0.2) is 16.6 Å². The highest BCUT2D eigenvalue weighted by Gasteiger charge is 2.13. The number of halogens is 1. The smallest absolute Gasteiger partial charge is 0.224 e. The van der Waals surface area contributed by atoms with Crippen LogP contribution in [0.5, 0.6) is 11.5 Å². The number of para-hydroxylation sites is 1. The molecule has 3 aromatic rings. The lowest BCUT2D eigenvalue weighted by atomic mass is 10.2. The first-order chi connectivity index (χ1) is 12.1. The number of methoxy groups -OCH3 is 2. The molecular weight excluding hydrogens is 360 g/mol. The van der Waals surface area contributed by atoms with Crippen molar-refractivity contribution in [3.05, 3.63) is 47.7 Å². The van der Waals surface area contributed by atoms with Crippen molar-refractivity contribution in [2.24, 2.45) is 0 Å². The zero-order chi connectivity index (χ0) is 17.8. The molecule has 2 aromatic carbocycles. The van der Waals surface area contributed by atoms with Gasteiger partial charge in [0.2, 0.25) is 5.28 Å². The molecular formula is C17H15ClN4O2S. The maximum atomic E-state index is 6.04. The molecule has 0 atom stereocenters. The van der Waals surface area contributed by atoms with Crippen molar-refractivity contribution in [2.75, 3.05) is 24.9 Å². The minimum Gasteiger partial charge on any atom is -0.493 e. The number of benzene rings is 2. The van der Waals surface area contributed by atoms with Crippen LogP contribution in [0.1, 0.15) is 0 Å². The lowest BCUT2D eigenvalue weighted by Crippen LogP contribution is -2.20. The number of hydrogen-bond donors (Lipinski definition) is 2. The molecule has 128 valence electrons. The van der Waals surface area contributed by atoms with E-state index in [1.807, 2.05) is 30.3 Å².